The Morgan fingerprint density at radius 3 is 2.37 bits per heavy atom. The standard InChI is InChI=1S/C24H27FN2O3/c1-17(28)26-23(18-6-3-2-4-7-18)10-12-27(13-11-23)16-20-15-24(20,22(29)30)19-8-5-9-21(25)14-19/h2-9,14,20H,10-13,15-16H2,1H3,(H,26,28)(H,29,30). The third-order valence-electron chi connectivity index (χ3n) is 6.76. The fourth-order valence-electron chi connectivity index (χ4n) is 5.06. The predicted octanol–water partition coefficient (Wildman–Crippen LogP) is 3.30. The van der Waals surface area contributed by atoms with Crippen LogP contribution in [0.1, 0.15) is 37.3 Å². The van der Waals surface area contributed by atoms with Crippen molar-refractivity contribution in [1.82, 2.24) is 10.2 Å². The molecule has 1 amide bonds. The SMILES string of the molecule is CC(=O)NC1(c2ccccc2)CCN(CC2CC2(C(=O)O)c2cccc(F)c2)CC1. The Labute approximate surface area is 175 Å². The van der Waals surface area contributed by atoms with Crippen LogP contribution in [-0.4, -0.2) is 41.5 Å². The first kappa shape index (κ1) is 20.5. The number of carbonyl (C=O) groups excluding carboxylic acids is 1. The van der Waals surface area contributed by atoms with Crippen molar-refractivity contribution < 1.29 is 19.1 Å². The number of rotatable bonds is 6. The minimum Gasteiger partial charge on any atom is -0.481 e. The molecule has 2 aliphatic rings. The summed E-state index contributed by atoms with van der Waals surface area (Å²) < 4.78 is 13.7. The molecule has 1 saturated carbocycles. The fourth-order valence-corrected chi connectivity index (χ4v) is 5.06. The topological polar surface area (TPSA) is 69.6 Å². The van der Waals surface area contributed by atoms with Gasteiger partial charge in [-0.05, 0) is 48.4 Å². The monoisotopic (exact) mass is 410 g/mol. The summed E-state index contributed by atoms with van der Waals surface area (Å²) in [6.07, 6.45) is 2.06. The second-order valence-electron chi connectivity index (χ2n) is 8.62. The Morgan fingerprint density at radius 2 is 1.77 bits per heavy atom. The number of carboxylic acid groups (broad SMARTS) is 1. The van der Waals surface area contributed by atoms with Crippen molar-refractivity contribution in [2.24, 2.45) is 5.92 Å². The van der Waals surface area contributed by atoms with Crippen molar-refractivity contribution in [2.75, 3.05) is 19.6 Å². The van der Waals surface area contributed by atoms with E-state index >= 15 is 0 Å². The minimum absolute atomic E-state index is 0.0400. The molecular weight excluding hydrogens is 383 g/mol. The zero-order valence-electron chi connectivity index (χ0n) is 17.1. The molecular formula is C24H27FN2O3. The third-order valence-corrected chi connectivity index (χ3v) is 6.76. The first-order valence-corrected chi connectivity index (χ1v) is 10.4. The number of likely N-dealkylation sites (tertiary alicyclic amines) is 1. The molecule has 0 radical (unpaired) electrons. The first-order valence-electron chi connectivity index (χ1n) is 10.4. The van der Waals surface area contributed by atoms with E-state index in [1.54, 1.807) is 19.1 Å². The lowest BCUT2D eigenvalue weighted by molar-refractivity contribution is -0.140. The Balaban J connectivity index is 1.46. The highest BCUT2D eigenvalue weighted by molar-refractivity contribution is 5.86. The summed E-state index contributed by atoms with van der Waals surface area (Å²) in [7, 11) is 0. The lowest BCUT2D eigenvalue weighted by Crippen LogP contribution is -2.53. The van der Waals surface area contributed by atoms with Gasteiger partial charge in [0, 0.05) is 26.6 Å². The molecule has 4 rings (SSSR count). The van der Waals surface area contributed by atoms with Gasteiger partial charge in [-0.15, -0.1) is 0 Å². The van der Waals surface area contributed by atoms with Crippen molar-refractivity contribution in [3.05, 3.63) is 71.5 Å². The van der Waals surface area contributed by atoms with E-state index in [9.17, 15) is 19.1 Å². The molecule has 2 unspecified atom stereocenters. The first-order chi connectivity index (χ1) is 14.4. The number of piperidine rings is 1. The van der Waals surface area contributed by atoms with Crippen LogP contribution in [0.3, 0.4) is 0 Å². The quantitative estimate of drug-likeness (QED) is 0.767. The van der Waals surface area contributed by atoms with Crippen LogP contribution in [0.5, 0.6) is 0 Å². The van der Waals surface area contributed by atoms with Crippen molar-refractivity contribution in [2.45, 2.75) is 37.1 Å². The number of hydrogen-bond acceptors (Lipinski definition) is 3. The summed E-state index contributed by atoms with van der Waals surface area (Å²) in [6.45, 7) is 3.74. The van der Waals surface area contributed by atoms with Gasteiger partial charge in [0.25, 0.3) is 0 Å². The summed E-state index contributed by atoms with van der Waals surface area (Å²) in [4.78, 5) is 26.2. The van der Waals surface area contributed by atoms with E-state index in [0.29, 0.717) is 18.5 Å². The number of aliphatic carboxylic acids is 1. The Morgan fingerprint density at radius 1 is 1.10 bits per heavy atom. The zero-order chi connectivity index (χ0) is 21.4. The molecule has 2 N–H and O–H groups in total. The molecule has 0 bridgehead atoms. The Bertz CT molecular complexity index is 940. The van der Waals surface area contributed by atoms with Crippen molar-refractivity contribution in [3.63, 3.8) is 0 Å². The summed E-state index contributed by atoms with van der Waals surface area (Å²) in [6, 6.07) is 16.0. The van der Waals surface area contributed by atoms with Crippen LogP contribution in [-0.2, 0) is 20.5 Å². The molecule has 1 saturated heterocycles. The molecule has 1 heterocycles. The van der Waals surface area contributed by atoms with Crippen LogP contribution < -0.4 is 5.32 Å². The van der Waals surface area contributed by atoms with Crippen molar-refractivity contribution in [1.29, 1.82) is 0 Å². The molecule has 2 aromatic rings. The molecule has 2 aromatic carbocycles. The smallest absolute Gasteiger partial charge is 0.314 e. The van der Waals surface area contributed by atoms with Gasteiger partial charge in [-0.1, -0.05) is 42.5 Å². The van der Waals surface area contributed by atoms with E-state index in [-0.39, 0.29) is 17.4 Å². The summed E-state index contributed by atoms with van der Waals surface area (Å²) in [5, 5.41) is 13.1. The highest BCUT2D eigenvalue weighted by atomic mass is 19.1. The summed E-state index contributed by atoms with van der Waals surface area (Å²) in [5.74, 6) is -1.38. The number of amides is 1. The highest BCUT2D eigenvalue weighted by Gasteiger charge is 2.62. The van der Waals surface area contributed by atoms with E-state index in [1.807, 2.05) is 30.3 Å². The molecule has 0 aromatic heterocycles. The van der Waals surface area contributed by atoms with Crippen LogP contribution in [0, 0.1) is 11.7 Å². The molecule has 1 aliphatic heterocycles. The molecule has 1 aliphatic carbocycles. The van der Waals surface area contributed by atoms with Crippen LogP contribution >= 0.6 is 0 Å². The normalized spacial score (nSPS) is 25.5. The van der Waals surface area contributed by atoms with Gasteiger partial charge in [0.05, 0.1) is 11.0 Å². The maximum Gasteiger partial charge on any atom is 0.314 e. The molecule has 5 nitrogen and oxygen atoms in total. The van der Waals surface area contributed by atoms with Gasteiger partial charge in [-0.2, -0.15) is 0 Å². The van der Waals surface area contributed by atoms with Crippen LogP contribution in [0.15, 0.2) is 54.6 Å². The zero-order valence-corrected chi connectivity index (χ0v) is 17.1. The van der Waals surface area contributed by atoms with Gasteiger partial charge in [0.15, 0.2) is 0 Å². The van der Waals surface area contributed by atoms with E-state index in [1.165, 1.54) is 12.1 Å². The largest absolute Gasteiger partial charge is 0.481 e. The van der Waals surface area contributed by atoms with Gasteiger partial charge in [-0.25, -0.2) is 4.39 Å². The summed E-state index contributed by atoms with van der Waals surface area (Å²) >= 11 is 0. The van der Waals surface area contributed by atoms with E-state index in [4.69, 9.17) is 0 Å². The van der Waals surface area contributed by atoms with Crippen LogP contribution in [0.25, 0.3) is 0 Å². The number of carboxylic acids is 1. The van der Waals surface area contributed by atoms with Crippen LogP contribution in [0.2, 0.25) is 0 Å². The van der Waals surface area contributed by atoms with E-state index < -0.39 is 17.2 Å². The van der Waals surface area contributed by atoms with E-state index in [2.05, 4.69) is 10.2 Å². The van der Waals surface area contributed by atoms with Crippen LogP contribution in [0.4, 0.5) is 4.39 Å². The molecule has 0 spiro atoms. The molecule has 6 heteroatoms. The number of nitrogens with zero attached hydrogens (tertiary/aromatic N) is 1. The average Bonchev–Trinajstić information content (AvgIpc) is 3.45. The van der Waals surface area contributed by atoms with Crippen molar-refractivity contribution >= 4 is 11.9 Å². The average molecular weight is 410 g/mol. The van der Waals surface area contributed by atoms with Gasteiger partial charge in [-0.3, -0.25) is 9.59 Å². The summed E-state index contributed by atoms with van der Waals surface area (Å²) in [5.41, 5.74) is 0.271. The second kappa shape index (κ2) is 7.84. The number of nitrogens with one attached hydrogen (secondary N) is 1. The molecule has 2 atom stereocenters. The lowest BCUT2D eigenvalue weighted by Gasteiger charge is -2.43. The maximum atomic E-state index is 13.7. The second-order valence-corrected chi connectivity index (χ2v) is 8.62. The highest BCUT2D eigenvalue weighted by Crippen LogP contribution is 2.55. The predicted molar refractivity (Wildman–Crippen MR) is 111 cm³/mol. The maximum absolute atomic E-state index is 13.7. The van der Waals surface area contributed by atoms with Crippen molar-refractivity contribution in [3.8, 4) is 0 Å². The lowest BCUT2D eigenvalue weighted by atomic mass is 9.80. The third kappa shape index (κ3) is 3.72. The number of benzene rings is 2. The Kier molecular flexibility index (Phi) is 5.36. The molecule has 158 valence electrons. The van der Waals surface area contributed by atoms with Gasteiger partial charge < -0.3 is 15.3 Å². The minimum atomic E-state index is -0.992. The molecule has 2 fully saturated rings. The van der Waals surface area contributed by atoms with E-state index in [0.717, 1.165) is 31.5 Å². The number of halogens is 1. The Hall–Kier alpha value is -2.73. The van der Waals surface area contributed by atoms with Gasteiger partial charge in [0.1, 0.15) is 5.82 Å². The number of carbonyl (C=O) groups is 2. The number of hydrogen-bond donors (Lipinski definition) is 2. The van der Waals surface area contributed by atoms with Gasteiger partial charge >= 0.3 is 5.97 Å². The fraction of sp³-hybridized carbons (Fsp3) is 0.417. The molecule has 30 heavy (non-hydrogen) atoms. The van der Waals surface area contributed by atoms with Gasteiger partial charge in [0.2, 0.25) is 5.91 Å².